The Morgan fingerprint density at radius 2 is 1.97 bits per heavy atom. The van der Waals surface area contributed by atoms with Crippen molar-refractivity contribution < 1.29 is 4.79 Å². The van der Waals surface area contributed by atoms with Crippen LogP contribution in [0.15, 0.2) is 40.4 Å². The molecule has 1 amide bonds. The molecule has 1 aliphatic carbocycles. The molecule has 10 heteroatoms. The highest BCUT2D eigenvalue weighted by Crippen LogP contribution is 2.39. The number of anilines is 1. The van der Waals surface area contributed by atoms with E-state index in [0.717, 1.165) is 57.5 Å². The molecule has 8 nitrogen and oxygen atoms in total. The van der Waals surface area contributed by atoms with Crippen molar-refractivity contribution in [3.8, 4) is 0 Å². The maximum atomic E-state index is 12.6. The summed E-state index contributed by atoms with van der Waals surface area (Å²) in [6.07, 6.45) is 4.22. The zero-order valence-corrected chi connectivity index (χ0v) is 19.3. The van der Waals surface area contributed by atoms with E-state index in [1.54, 1.807) is 0 Å². The van der Waals surface area contributed by atoms with E-state index in [0.29, 0.717) is 11.0 Å². The Morgan fingerprint density at radius 3 is 2.78 bits per heavy atom. The van der Waals surface area contributed by atoms with Gasteiger partial charge in [-0.1, -0.05) is 11.3 Å². The molecule has 1 saturated carbocycles. The zero-order chi connectivity index (χ0) is 21.7. The van der Waals surface area contributed by atoms with Gasteiger partial charge >= 0.3 is 0 Å². The number of thiazole rings is 1. The zero-order valence-electron chi connectivity index (χ0n) is 17.7. The average molecular weight is 466 g/mol. The van der Waals surface area contributed by atoms with Crippen LogP contribution in [-0.2, 0) is 4.79 Å². The minimum atomic E-state index is 0.0681. The lowest BCUT2D eigenvalue weighted by atomic mass is 9.96. The lowest BCUT2D eigenvalue weighted by molar-refractivity contribution is -0.121. The fourth-order valence-electron chi connectivity index (χ4n) is 4.05. The predicted molar refractivity (Wildman–Crippen MR) is 125 cm³/mol. The topological polar surface area (TPSA) is 88.3 Å². The van der Waals surface area contributed by atoms with Crippen LogP contribution in [-0.4, -0.2) is 55.7 Å². The number of hydrogen-bond donors (Lipinski definition) is 1. The molecule has 0 bridgehead atoms. The quantitative estimate of drug-likeness (QED) is 0.476. The van der Waals surface area contributed by atoms with Crippen LogP contribution >= 0.6 is 23.1 Å². The maximum Gasteiger partial charge on any atom is 0.229 e. The van der Waals surface area contributed by atoms with Crippen LogP contribution in [0.2, 0.25) is 0 Å². The molecule has 1 aliphatic heterocycles. The highest BCUT2D eigenvalue weighted by atomic mass is 32.2. The van der Waals surface area contributed by atoms with Crippen molar-refractivity contribution in [3.63, 3.8) is 0 Å². The van der Waals surface area contributed by atoms with Crippen molar-refractivity contribution in [1.29, 1.82) is 0 Å². The molecule has 3 aromatic heterocycles. The first kappa shape index (κ1) is 20.1. The first-order valence-electron chi connectivity index (χ1n) is 10.9. The van der Waals surface area contributed by atoms with Gasteiger partial charge in [-0.3, -0.25) is 4.79 Å². The summed E-state index contributed by atoms with van der Waals surface area (Å²) in [6, 6.07) is 10.2. The van der Waals surface area contributed by atoms with Crippen molar-refractivity contribution in [3.05, 3.63) is 36.0 Å². The Labute approximate surface area is 193 Å². The van der Waals surface area contributed by atoms with Gasteiger partial charge in [0.1, 0.15) is 0 Å². The summed E-state index contributed by atoms with van der Waals surface area (Å²) in [5.41, 5.74) is 2.76. The molecule has 4 aromatic rings. The second-order valence-corrected chi connectivity index (χ2v) is 10.7. The molecule has 1 N–H and O–H groups in total. The summed E-state index contributed by atoms with van der Waals surface area (Å²) in [5.74, 6) is 0.731. The second-order valence-electron chi connectivity index (χ2n) is 8.60. The van der Waals surface area contributed by atoms with Crippen LogP contribution in [0.5, 0.6) is 0 Å². The van der Waals surface area contributed by atoms with Gasteiger partial charge in [0.25, 0.3) is 0 Å². The first-order valence-corrected chi connectivity index (χ1v) is 12.6. The number of carbonyl (C=O) groups excluding carboxylic acids is 1. The third-order valence-corrected chi connectivity index (χ3v) is 8.00. The van der Waals surface area contributed by atoms with Crippen LogP contribution in [0.1, 0.15) is 37.3 Å². The van der Waals surface area contributed by atoms with Gasteiger partial charge in [-0.25, -0.2) is 4.98 Å². The summed E-state index contributed by atoms with van der Waals surface area (Å²) in [5, 5.41) is 17.8. The minimum absolute atomic E-state index is 0.0681. The molecular weight excluding hydrogens is 442 g/mol. The van der Waals surface area contributed by atoms with Crippen molar-refractivity contribution in [2.24, 2.45) is 5.92 Å². The number of aromatic nitrogens is 5. The molecule has 2 fully saturated rings. The number of hydrogen-bond acceptors (Lipinski definition) is 8. The van der Waals surface area contributed by atoms with Crippen molar-refractivity contribution in [1.82, 2.24) is 29.7 Å². The molecule has 0 unspecified atom stereocenters. The molecular formula is C22H23N7OS2. The lowest BCUT2D eigenvalue weighted by Gasteiger charge is -2.27. The van der Waals surface area contributed by atoms with E-state index in [-0.39, 0.29) is 11.8 Å². The van der Waals surface area contributed by atoms with Gasteiger partial charge in [0.05, 0.1) is 15.9 Å². The van der Waals surface area contributed by atoms with Gasteiger partial charge in [0.2, 0.25) is 11.1 Å². The minimum Gasteiger partial charge on any atom is -0.306 e. The lowest BCUT2D eigenvalue weighted by Crippen LogP contribution is -2.35. The molecule has 6 rings (SSSR count). The number of piperidine rings is 1. The van der Waals surface area contributed by atoms with Crippen LogP contribution in [0.25, 0.3) is 15.9 Å². The molecule has 1 aromatic carbocycles. The highest BCUT2D eigenvalue weighted by molar-refractivity contribution is 7.99. The number of fused-ring (bicyclic) bond motifs is 2. The number of carbonyl (C=O) groups is 1. The Kier molecular flexibility index (Phi) is 5.08. The van der Waals surface area contributed by atoms with Crippen LogP contribution in [0, 0.1) is 5.92 Å². The van der Waals surface area contributed by atoms with E-state index in [1.807, 2.05) is 22.7 Å². The van der Waals surface area contributed by atoms with Gasteiger partial charge < -0.3 is 10.2 Å². The monoisotopic (exact) mass is 465 g/mol. The number of amides is 1. The van der Waals surface area contributed by atoms with Gasteiger partial charge in [0.15, 0.2) is 10.8 Å². The van der Waals surface area contributed by atoms with E-state index >= 15 is 0 Å². The second kappa shape index (κ2) is 8.09. The van der Waals surface area contributed by atoms with Gasteiger partial charge in [0, 0.05) is 16.7 Å². The van der Waals surface area contributed by atoms with Gasteiger partial charge in [-0.05, 0) is 87.9 Å². The van der Waals surface area contributed by atoms with Gasteiger partial charge in [-0.2, -0.15) is 9.61 Å². The molecule has 0 spiro atoms. The first-order chi connectivity index (χ1) is 15.6. The maximum absolute atomic E-state index is 12.6. The third kappa shape index (κ3) is 3.98. The highest BCUT2D eigenvalue weighted by Gasteiger charge is 2.26. The SMILES string of the molecule is CN1CCC(C(=O)Nc2nc3ccc(Sc4nnc5ccc(C6CC6)nn45)cc3s2)CC1. The van der Waals surface area contributed by atoms with E-state index in [9.17, 15) is 4.79 Å². The molecule has 0 atom stereocenters. The largest absolute Gasteiger partial charge is 0.306 e. The number of benzene rings is 1. The van der Waals surface area contributed by atoms with Crippen LogP contribution in [0.4, 0.5) is 5.13 Å². The summed E-state index contributed by atoms with van der Waals surface area (Å²) < 4.78 is 2.87. The Morgan fingerprint density at radius 1 is 1.12 bits per heavy atom. The molecule has 2 aliphatic rings. The number of nitrogens with one attached hydrogen (secondary N) is 1. The molecule has 164 valence electrons. The standard InChI is InChI=1S/C22H23N7OS2/c1-28-10-8-14(9-11-28)20(30)24-21-23-17-5-4-15(12-18(17)32-21)31-22-26-25-19-7-6-16(13-2-3-13)27-29(19)22/h4-7,12-14H,2-3,8-11H2,1H3,(H,23,24,30). The average Bonchev–Trinajstić information content (AvgIpc) is 3.46. The van der Waals surface area contributed by atoms with E-state index in [4.69, 9.17) is 5.10 Å². The van der Waals surface area contributed by atoms with E-state index in [1.165, 1.54) is 35.9 Å². The van der Waals surface area contributed by atoms with E-state index in [2.05, 4.69) is 44.6 Å². The Balaban J connectivity index is 1.20. The summed E-state index contributed by atoms with van der Waals surface area (Å²) >= 11 is 3.05. The third-order valence-electron chi connectivity index (χ3n) is 6.14. The Hall–Kier alpha value is -2.56. The van der Waals surface area contributed by atoms with Crippen molar-refractivity contribution in [2.45, 2.75) is 41.7 Å². The van der Waals surface area contributed by atoms with Crippen LogP contribution in [0.3, 0.4) is 0 Å². The molecule has 0 radical (unpaired) electrons. The number of likely N-dealkylation sites (tertiary alicyclic amines) is 1. The Bertz CT molecular complexity index is 1300. The fraction of sp³-hybridized carbons (Fsp3) is 0.409. The molecule has 32 heavy (non-hydrogen) atoms. The smallest absolute Gasteiger partial charge is 0.229 e. The number of nitrogens with zero attached hydrogens (tertiary/aromatic N) is 6. The predicted octanol–water partition coefficient (Wildman–Crippen LogP) is 4.04. The van der Waals surface area contributed by atoms with E-state index < -0.39 is 0 Å². The van der Waals surface area contributed by atoms with Crippen LogP contribution < -0.4 is 5.32 Å². The molecule has 4 heterocycles. The summed E-state index contributed by atoms with van der Waals surface area (Å²) in [4.78, 5) is 20.6. The van der Waals surface area contributed by atoms with Crippen molar-refractivity contribution in [2.75, 3.05) is 25.5 Å². The number of rotatable bonds is 5. The summed E-state index contributed by atoms with van der Waals surface area (Å²) in [7, 11) is 2.10. The fourth-order valence-corrected chi connectivity index (χ4v) is 5.86. The van der Waals surface area contributed by atoms with Crippen molar-refractivity contribution >= 4 is 50.0 Å². The van der Waals surface area contributed by atoms with Gasteiger partial charge in [-0.15, -0.1) is 10.2 Å². The molecule has 1 saturated heterocycles. The normalized spacial score (nSPS) is 17.9. The summed E-state index contributed by atoms with van der Waals surface area (Å²) in [6.45, 7) is 1.93.